The highest BCUT2D eigenvalue weighted by atomic mass is 16.3. The van der Waals surface area contributed by atoms with E-state index in [9.17, 15) is 5.11 Å². The molecule has 0 aromatic heterocycles. The fraction of sp³-hybridized carbons (Fsp3) is 0.867. The van der Waals surface area contributed by atoms with Gasteiger partial charge in [-0.3, -0.25) is 0 Å². The first-order chi connectivity index (χ1) is 7.97. The van der Waals surface area contributed by atoms with Crippen LogP contribution in [-0.2, 0) is 0 Å². The van der Waals surface area contributed by atoms with E-state index in [4.69, 9.17) is 5.11 Å². The Hall–Kier alpha value is -0.340. The Morgan fingerprint density at radius 2 is 1.59 bits per heavy atom. The van der Waals surface area contributed by atoms with Gasteiger partial charge in [0, 0.05) is 0 Å². The Kier molecular flexibility index (Phi) is 15.3. The smallest absolute Gasteiger partial charge is 0.0612 e. The standard InChI is InChI=1S/C9H20O.C6H12O/c1-4-5-6-7-8-9(2,3)10;1-2-3-4-5-6-7/h10H,4-8H2,1-3H3;4-5,7H,2-3,6H2,1H3/b;5-4+. The first-order valence-electron chi connectivity index (χ1n) is 6.96. The van der Waals surface area contributed by atoms with E-state index in [2.05, 4.69) is 13.8 Å². The van der Waals surface area contributed by atoms with Crippen molar-refractivity contribution in [2.24, 2.45) is 0 Å². The molecule has 2 heteroatoms. The van der Waals surface area contributed by atoms with Gasteiger partial charge in [-0.25, -0.2) is 0 Å². The van der Waals surface area contributed by atoms with Gasteiger partial charge >= 0.3 is 0 Å². The van der Waals surface area contributed by atoms with Gasteiger partial charge in [-0.2, -0.15) is 0 Å². The second-order valence-corrected chi connectivity index (χ2v) is 5.07. The molecule has 0 aliphatic rings. The van der Waals surface area contributed by atoms with Crippen molar-refractivity contribution in [2.45, 2.75) is 78.2 Å². The zero-order chi connectivity index (χ0) is 13.6. The number of aliphatic hydroxyl groups is 2. The third-order valence-corrected chi connectivity index (χ3v) is 2.37. The minimum absolute atomic E-state index is 0.181. The number of aliphatic hydroxyl groups excluding tert-OH is 1. The second kappa shape index (κ2) is 13.7. The van der Waals surface area contributed by atoms with Gasteiger partial charge in [0.15, 0.2) is 0 Å². The number of rotatable bonds is 8. The molecule has 2 N–H and O–H groups in total. The monoisotopic (exact) mass is 244 g/mol. The van der Waals surface area contributed by atoms with Crippen LogP contribution in [0.1, 0.15) is 72.6 Å². The molecule has 0 radical (unpaired) electrons. The van der Waals surface area contributed by atoms with E-state index in [1.165, 1.54) is 19.3 Å². The van der Waals surface area contributed by atoms with Crippen molar-refractivity contribution < 1.29 is 10.2 Å². The summed E-state index contributed by atoms with van der Waals surface area (Å²) >= 11 is 0. The second-order valence-electron chi connectivity index (χ2n) is 5.07. The van der Waals surface area contributed by atoms with Crippen LogP contribution in [0.4, 0.5) is 0 Å². The summed E-state index contributed by atoms with van der Waals surface area (Å²) in [6.07, 6.45) is 11.9. The molecule has 0 aliphatic heterocycles. The molecule has 0 unspecified atom stereocenters. The van der Waals surface area contributed by atoms with Gasteiger partial charge in [0.1, 0.15) is 0 Å². The average Bonchev–Trinajstić information content (AvgIpc) is 2.25. The van der Waals surface area contributed by atoms with Gasteiger partial charge < -0.3 is 10.2 Å². The summed E-state index contributed by atoms with van der Waals surface area (Å²) in [4.78, 5) is 0. The van der Waals surface area contributed by atoms with E-state index in [0.717, 1.165) is 25.7 Å². The molecular weight excluding hydrogens is 212 g/mol. The Bertz CT molecular complexity index is 157. The molecule has 0 fully saturated rings. The summed E-state index contributed by atoms with van der Waals surface area (Å²) in [5.74, 6) is 0. The maximum Gasteiger partial charge on any atom is 0.0612 e. The molecule has 0 saturated heterocycles. The average molecular weight is 244 g/mol. The van der Waals surface area contributed by atoms with Gasteiger partial charge in [0.2, 0.25) is 0 Å². The molecule has 0 heterocycles. The quantitative estimate of drug-likeness (QED) is 0.499. The van der Waals surface area contributed by atoms with Crippen LogP contribution in [0.25, 0.3) is 0 Å². The highest BCUT2D eigenvalue weighted by Crippen LogP contribution is 2.13. The van der Waals surface area contributed by atoms with E-state index in [1.807, 2.05) is 19.9 Å². The molecule has 0 amide bonds. The number of allylic oxidation sites excluding steroid dienone is 1. The minimum Gasteiger partial charge on any atom is -0.392 e. The lowest BCUT2D eigenvalue weighted by Crippen LogP contribution is -2.17. The van der Waals surface area contributed by atoms with E-state index in [1.54, 1.807) is 6.08 Å². The largest absolute Gasteiger partial charge is 0.392 e. The van der Waals surface area contributed by atoms with Crippen molar-refractivity contribution >= 4 is 0 Å². The van der Waals surface area contributed by atoms with Crippen molar-refractivity contribution in [1.29, 1.82) is 0 Å². The fourth-order valence-corrected chi connectivity index (χ4v) is 1.34. The van der Waals surface area contributed by atoms with Gasteiger partial charge in [-0.15, -0.1) is 0 Å². The Labute approximate surface area is 108 Å². The Balaban J connectivity index is 0. The zero-order valence-corrected chi connectivity index (χ0v) is 12.2. The van der Waals surface area contributed by atoms with E-state index in [-0.39, 0.29) is 6.61 Å². The summed E-state index contributed by atoms with van der Waals surface area (Å²) in [6.45, 7) is 8.24. The number of unbranched alkanes of at least 4 members (excludes halogenated alkanes) is 4. The van der Waals surface area contributed by atoms with Crippen LogP contribution in [-0.4, -0.2) is 22.4 Å². The predicted octanol–water partition coefficient (Wildman–Crippen LogP) is 4.06. The van der Waals surface area contributed by atoms with Crippen LogP contribution in [0.15, 0.2) is 12.2 Å². The van der Waals surface area contributed by atoms with E-state index in [0.29, 0.717) is 0 Å². The first kappa shape index (κ1) is 19.0. The number of hydrogen-bond acceptors (Lipinski definition) is 2. The molecular formula is C15H32O2. The molecule has 2 nitrogen and oxygen atoms in total. The third-order valence-electron chi connectivity index (χ3n) is 2.37. The fourth-order valence-electron chi connectivity index (χ4n) is 1.34. The van der Waals surface area contributed by atoms with Gasteiger partial charge in [0.05, 0.1) is 12.2 Å². The maximum atomic E-state index is 9.32. The van der Waals surface area contributed by atoms with Crippen LogP contribution in [0.3, 0.4) is 0 Å². The zero-order valence-electron chi connectivity index (χ0n) is 12.2. The molecule has 0 saturated carbocycles. The molecule has 0 aliphatic carbocycles. The van der Waals surface area contributed by atoms with Crippen molar-refractivity contribution in [3.05, 3.63) is 12.2 Å². The summed E-state index contributed by atoms with van der Waals surface area (Å²) < 4.78 is 0. The third kappa shape index (κ3) is 25.7. The lowest BCUT2D eigenvalue weighted by atomic mass is 10.0. The van der Waals surface area contributed by atoms with Crippen molar-refractivity contribution in [2.75, 3.05) is 6.61 Å². The van der Waals surface area contributed by atoms with Gasteiger partial charge in [0.25, 0.3) is 0 Å². The van der Waals surface area contributed by atoms with Crippen LogP contribution in [0.2, 0.25) is 0 Å². The van der Waals surface area contributed by atoms with Crippen LogP contribution < -0.4 is 0 Å². The van der Waals surface area contributed by atoms with Gasteiger partial charge in [-0.05, 0) is 26.7 Å². The van der Waals surface area contributed by atoms with Crippen molar-refractivity contribution in [3.8, 4) is 0 Å². The highest BCUT2D eigenvalue weighted by molar-refractivity contribution is 4.79. The molecule has 104 valence electrons. The lowest BCUT2D eigenvalue weighted by Gasteiger charge is -2.15. The lowest BCUT2D eigenvalue weighted by molar-refractivity contribution is 0.0680. The summed E-state index contributed by atoms with van der Waals surface area (Å²) in [6, 6.07) is 0. The highest BCUT2D eigenvalue weighted by Gasteiger charge is 2.10. The van der Waals surface area contributed by atoms with Crippen molar-refractivity contribution in [3.63, 3.8) is 0 Å². The molecule has 0 bridgehead atoms. The molecule has 0 atom stereocenters. The summed E-state index contributed by atoms with van der Waals surface area (Å²) in [5, 5.41) is 17.5. The van der Waals surface area contributed by atoms with Crippen LogP contribution in [0.5, 0.6) is 0 Å². The van der Waals surface area contributed by atoms with Crippen LogP contribution >= 0.6 is 0 Å². The Morgan fingerprint density at radius 1 is 0.941 bits per heavy atom. The van der Waals surface area contributed by atoms with E-state index >= 15 is 0 Å². The predicted molar refractivity (Wildman–Crippen MR) is 76.2 cm³/mol. The van der Waals surface area contributed by atoms with Crippen molar-refractivity contribution in [1.82, 2.24) is 0 Å². The summed E-state index contributed by atoms with van der Waals surface area (Å²) in [7, 11) is 0. The molecule has 17 heavy (non-hydrogen) atoms. The van der Waals surface area contributed by atoms with Gasteiger partial charge in [-0.1, -0.05) is 58.1 Å². The molecule has 0 aromatic rings. The SMILES string of the molecule is CCC/C=C/CO.CCCCCCC(C)(C)O. The van der Waals surface area contributed by atoms with E-state index < -0.39 is 5.60 Å². The first-order valence-corrected chi connectivity index (χ1v) is 6.96. The van der Waals surface area contributed by atoms with Crippen LogP contribution in [0, 0.1) is 0 Å². The molecule has 0 rings (SSSR count). The summed E-state index contributed by atoms with van der Waals surface area (Å²) in [5.41, 5.74) is -0.451. The minimum atomic E-state index is -0.451. The topological polar surface area (TPSA) is 40.5 Å². The molecule has 0 aromatic carbocycles. The Morgan fingerprint density at radius 3 is 2.00 bits per heavy atom. The normalized spacial score (nSPS) is 11.4. The maximum absolute atomic E-state index is 9.32. The number of hydrogen-bond donors (Lipinski definition) is 2. The molecule has 0 spiro atoms.